The van der Waals surface area contributed by atoms with Gasteiger partial charge >= 0.3 is 12.0 Å². The lowest BCUT2D eigenvalue weighted by Crippen LogP contribution is -2.47. The van der Waals surface area contributed by atoms with Crippen molar-refractivity contribution in [2.24, 2.45) is 5.92 Å². The molecule has 0 aromatic rings. The van der Waals surface area contributed by atoms with Crippen molar-refractivity contribution in [3.63, 3.8) is 0 Å². The number of aliphatic carboxylic acids is 1. The van der Waals surface area contributed by atoms with Crippen LogP contribution < -0.4 is 5.32 Å². The lowest BCUT2D eigenvalue weighted by atomic mass is 10.2. The first kappa shape index (κ1) is 14.1. The second kappa shape index (κ2) is 5.36. The molecule has 1 saturated carbocycles. The van der Waals surface area contributed by atoms with E-state index in [4.69, 9.17) is 5.11 Å². The number of rotatable bonds is 5. The Morgan fingerprint density at radius 2 is 1.95 bits per heavy atom. The van der Waals surface area contributed by atoms with Gasteiger partial charge in [0.25, 0.3) is 0 Å². The van der Waals surface area contributed by atoms with Crippen LogP contribution >= 0.6 is 0 Å². The second-order valence-corrected chi connectivity index (χ2v) is 7.50. The predicted molar refractivity (Wildman–Crippen MR) is 67.5 cm³/mol. The Labute approximate surface area is 111 Å². The molecule has 2 aliphatic rings. The van der Waals surface area contributed by atoms with Gasteiger partial charge in [-0.25, -0.2) is 13.2 Å². The number of carbonyl (C=O) groups excluding carboxylic acids is 1. The molecule has 2 rings (SSSR count). The standard InChI is InChI=1S/C11H18N2O5S/c14-10(15)6-13(5-8-1-2-8)11(16)12-9-3-4-19(17,18)7-9/h8-9H,1-7H2,(H,12,16)(H,14,15). The van der Waals surface area contributed by atoms with Crippen LogP contribution in [0.3, 0.4) is 0 Å². The number of nitrogens with one attached hydrogen (secondary N) is 1. The Hall–Kier alpha value is -1.31. The largest absolute Gasteiger partial charge is 0.480 e. The molecule has 19 heavy (non-hydrogen) atoms. The summed E-state index contributed by atoms with van der Waals surface area (Å²) in [5.74, 6) is -0.643. The summed E-state index contributed by atoms with van der Waals surface area (Å²) >= 11 is 0. The highest BCUT2D eigenvalue weighted by molar-refractivity contribution is 7.91. The van der Waals surface area contributed by atoms with E-state index in [1.165, 1.54) is 4.90 Å². The van der Waals surface area contributed by atoms with Crippen LogP contribution in [0.1, 0.15) is 19.3 Å². The first-order valence-electron chi connectivity index (χ1n) is 6.33. The maximum Gasteiger partial charge on any atom is 0.323 e. The van der Waals surface area contributed by atoms with E-state index >= 15 is 0 Å². The second-order valence-electron chi connectivity index (χ2n) is 5.27. The molecule has 8 heteroatoms. The van der Waals surface area contributed by atoms with Gasteiger partial charge in [0.1, 0.15) is 6.54 Å². The van der Waals surface area contributed by atoms with Crippen LogP contribution in [0.4, 0.5) is 4.79 Å². The van der Waals surface area contributed by atoms with E-state index in [0.29, 0.717) is 18.9 Å². The topological polar surface area (TPSA) is 104 Å². The summed E-state index contributed by atoms with van der Waals surface area (Å²) < 4.78 is 22.6. The molecule has 0 bridgehead atoms. The molecule has 108 valence electrons. The summed E-state index contributed by atoms with van der Waals surface area (Å²) in [7, 11) is -3.05. The number of urea groups is 1. The Bertz CT molecular complexity index is 471. The molecule has 1 aliphatic heterocycles. The number of nitrogens with zero attached hydrogens (tertiary/aromatic N) is 1. The highest BCUT2D eigenvalue weighted by Gasteiger charge is 2.32. The Morgan fingerprint density at radius 1 is 1.26 bits per heavy atom. The third-order valence-electron chi connectivity index (χ3n) is 3.35. The maximum absolute atomic E-state index is 12.0. The highest BCUT2D eigenvalue weighted by atomic mass is 32.2. The van der Waals surface area contributed by atoms with Gasteiger partial charge in [0.2, 0.25) is 0 Å². The van der Waals surface area contributed by atoms with E-state index < -0.39 is 27.9 Å². The van der Waals surface area contributed by atoms with Crippen molar-refractivity contribution in [3.05, 3.63) is 0 Å². The lowest BCUT2D eigenvalue weighted by Gasteiger charge is -2.23. The molecule has 1 aliphatic carbocycles. The highest BCUT2D eigenvalue weighted by Crippen LogP contribution is 2.29. The lowest BCUT2D eigenvalue weighted by molar-refractivity contribution is -0.137. The van der Waals surface area contributed by atoms with Crippen LogP contribution in [0.15, 0.2) is 0 Å². The molecule has 7 nitrogen and oxygen atoms in total. The van der Waals surface area contributed by atoms with Crippen molar-refractivity contribution in [1.29, 1.82) is 0 Å². The van der Waals surface area contributed by atoms with Crippen LogP contribution in [0.2, 0.25) is 0 Å². The van der Waals surface area contributed by atoms with Crippen molar-refractivity contribution < 1.29 is 23.1 Å². The number of hydrogen-bond acceptors (Lipinski definition) is 4. The van der Waals surface area contributed by atoms with Crippen molar-refractivity contribution >= 4 is 21.8 Å². The van der Waals surface area contributed by atoms with Crippen LogP contribution in [-0.4, -0.2) is 61.1 Å². The van der Waals surface area contributed by atoms with Crippen molar-refractivity contribution in [1.82, 2.24) is 10.2 Å². The fourth-order valence-electron chi connectivity index (χ4n) is 2.17. The molecule has 1 saturated heterocycles. The molecule has 0 aromatic carbocycles. The monoisotopic (exact) mass is 290 g/mol. The number of hydrogen-bond donors (Lipinski definition) is 2. The van der Waals surface area contributed by atoms with E-state index in [1.807, 2.05) is 0 Å². The fraction of sp³-hybridized carbons (Fsp3) is 0.818. The van der Waals surface area contributed by atoms with Gasteiger partial charge in [0, 0.05) is 12.6 Å². The van der Waals surface area contributed by atoms with Gasteiger partial charge in [0.15, 0.2) is 9.84 Å². The Balaban J connectivity index is 1.89. The molecule has 0 aromatic heterocycles. The molecular weight excluding hydrogens is 272 g/mol. The third-order valence-corrected chi connectivity index (χ3v) is 5.12. The molecular formula is C11H18N2O5S. The molecule has 0 spiro atoms. The van der Waals surface area contributed by atoms with E-state index in [-0.39, 0.29) is 18.1 Å². The smallest absolute Gasteiger partial charge is 0.323 e. The molecule has 2 fully saturated rings. The molecule has 0 radical (unpaired) electrons. The zero-order chi connectivity index (χ0) is 14.0. The van der Waals surface area contributed by atoms with Crippen LogP contribution in [0.25, 0.3) is 0 Å². The molecule has 1 heterocycles. The zero-order valence-electron chi connectivity index (χ0n) is 10.5. The van der Waals surface area contributed by atoms with E-state index in [1.54, 1.807) is 0 Å². The first-order valence-corrected chi connectivity index (χ1v) is 8.15. The van der Waals surface area contributed by atoms with Crippen molar-refractivity contribution in [3.8, 4) is 0 Å². The summed E-state index contributed by atoms with van der Waals surface area (Å²) in [5.41, 5.74) is 0. The van der Waals surface area contributed by atoms with E-state index in [2.05, 4.69) is 5.32 Å². The molecule has 1 atom stereocenters. The van der Waals surface area contributed by atoms with E-state index in [9.17, 15) is 18.0 Å². The number of amides is 2. The van der Waals surface area contributed by atoms with Crippen molar-refractivity contribution in [2.45, 2.75) is 25.3 Å². The predicted octanol–water partition coefficient (Wildman–Crippen LogP) is -0.320. The van der Waals surface area contributed by atoms with Crippen molar-refractivity contribution in [2.75, 3.05) is 24.6 Å². The van der Waals surface area contributed by atoms with E-state index in [0.717, 1.165) is 12.8 Å². The van der Waals surface area contributed by atoms with Gasteiger partial charge in [0.05, 0.1) is 11.5 Å². The average molecular weight is 290 g/mol. The minimum Gasteiger partial charge on any atom is -0.480 e. The summed E-state index contributed by atoms with van der Waals surface area (Å²) in [6.45, 7) is 0.0827. The van der Waals surface area contributed by atoms with Crippen LogP contribution in [0.5, 0.6) is 0 Å². The van der Waals surface area contributed by atoms with Crippen LogP contribution in [0, 0.1) is 5.92 Å². The molecule has 2 amide bonds. The maximum atomic E-state index is 12.0. The first-order chi connectivity index (χ1) is 8.85. The minimum atomic E-state index is -3.05. The summed E-state index contributed by atoms with van der Waals surface area (Å²) in [6, 6.07) is -0.871. The number of carboxylic acid groups (broad SMARTS) is 1. The van der Waals surface area contributed by atoms with Gasteiger partial charge < -0.3 is 15.3 Å². The SMILES string of the molecule is O=C(O)CN(CC1CC1)C(=O)NC1CCS(=O)(=O)C1. The molecule has 1 unspecified atom stereocenters. The fourth-order valence-corrected chi connectivity index (χ4v) is 3.84. The van der Waals surface area contributed by atoms with Gasteiger partial charge in [-0.1, -0.05) is 0 Å². The van der Waals surface area contributed by atoms with Gasteiger partial charge in [-0.05, 0) is 25.2 Å². The summed E-state index contributed by atoms with van der Waals surface area (Å²) in [5, 5.41) is 11.4. The number of sulfone groups is 1. The minimum absolute atomic E-state index is 0.0525. The average Bonchev–Trinajstić information content (AvgIpc) is 3.02. The zero-order valence-corrected chi connectivity index (χ0v) is 11.4. The Kier molecular flexibility index (Phi) is 3.98. The Morgan fingerprint density at radius 3 is 2.42 bits per heavy atom. The quantitative estimate of drug-likeness (QED) is 0.722. The van der Waals surface area contributed by atoms with Crippen LogP contribution in [-0.2, 0) is 14.6 Å². The summed E-state index contributed by atoms with van der Waals surface area (Å²) in [4.78, 5) is 24.0. The van der Waals surface area contributed by atoms with Gasteiger partial charge in [-0.2, -0.15) is 0 Å². The summed E-state index contributed by atoms with van der Waals surface area (Å²) in [6.07, 6.45) is 2.43. The third kappa shape index (κ3) is 4.38. The number of carboxylic acids is 1. The normalized spacial score (nSPS) is 24.9. The number of carbonyl (C=O) groups is 2. The molecule has 2 N–H and O–H groups in total. The van der Waals surface area contributed by atoms with Gasteiger partial charge in [-0.3, -0.25) is 4.79 Å². The van der Waals surface area contributed by atoms with Gasteiger partial charge in [-0.15, -0.1) is 0 Å².